The summed E-state index contributed by atoms with van der Waals surface area (Å²) in [6.45, 7) is 0. The van der Waals surface area contributed by atoms with Crippen molar-refractivity contribution in [2.75, 3.05) is 7.11 Å². The SMILES string of the molecule is COc1ccn2c(-c3cccc(Br)c3)nnc2c1. The zero-order chi connectivity index (χ0) is 12.5. The van der Waals surface area contributed by atoms with Gasteiger partial charge in [-0.15, -0.1) is 10.2 Å². The first-order chi connectivity index (χ1) is 8.78. The lowest BCUT2D eigenvalue weighted by Crippen LogP contribution is -1.90. The van der Waals surface area contributed by atoms with Crippen molar-refractivity contribution in [3.63, 3.8) is 0 Å². The molecule has 0 aliphatic heterocycles. The Hall–Kier alpha value is -1.88. The number of benzene rings is 1. The summed E-state index contributed by atoms with van der Waals surface area (Å²) >= 11 is 3.46. The van der Waals surface area contributed by atoms with E-state index in [1.54, 1.807) is 7.11 Å². The molecule has 5 heteroatoms. The molecular formula is C13H10BrN3O. The van der Waals surface area contributed by atoms with Crippen molar-refractivity contribution in [1.29, 1.82) is 0 Å². The second-order valence-electron chi connectivity index (χ2n) is 3.83. The van der Waals surface area contributed by atoms with Crippen molar-refractivity contribution in [2.45, 2.75) is 0 Å². The van der Waals surface area contributed by atoms with Crippen LogP contribution in [0, 0.1) is 0 Å². The van der Waals surface area contributed by atoms with E-state index in [1.165, 1.54) is 0 Å². The molecule has 0 atom stereocenters. The lowest BCUT2D eigenvalue weighted by Gasteiger charge is -2.02. The van der Waals surface area contributed by atoms with Gasteiger partial charge in [0.1, 0.15) is 5.75 Å². The van der Waals surface area contributed by atoms with Crippen molar-refractivity contribution in [3.05, 3.63) is 47.1 Å². The monoisotopic (exact) mass is 303 g/mol. The topological polar surface area (TPSA) is 39.4 Å². The third-order valence-electron chi connectivity index (χ3n) is 2.70. The Balaban J connectivity index is 2.18. The van der Waals surface area contributed by atoms with Gasteiger partial charge in [-0.25, -0.2) is 0 Å². The van der Waals surface area contributed by atoms with E-state index in [0.29, 0.717) is 0 Å². The highest BCUT2D eigenvalue weighted by Crippen LogP contribution is 2.23. The van der Waals surface area contributed by atoms with Gasteiger partial charge in [-0.05, 0) is 18.2 Å². The van der Waals surface area contributed by atoms with Crippen LogP contribution < -0.4 is 4.74 Å². The van der Waals surface area contributed by atoms with Crippen LogP contribution in [0.15, 0.2) is 47.1 Å². The second kappa shape index (κ2) is 4.42. The summed E-state index contributed by atoms with van der Waals surface area (Å²) in [7, 11) is 1.64. The Bertz CT molecular complexity index is 708. The lowest BCUT2D eigenvalue weighted by molar-refractivity contribution is 0.414. The molecule has 0 unspecified atom stereocenters. The first-order valence-electron chi connectivity index (χ1n) is 5.42. The molecular weight excluding hydrogens is 294 g/mol. The molecule has 0 bridgehead atoms. The minimum Gasteiger partial charge on any atom is -0.497 e. The minimum absolute atomic E-state index is 0.768. The van der Waals surface area contributed by atoms with Crippen LogP contribution in [-0.4, -0.2) is 21.7 Å². The van der Waals surface area contributed by atoms with E-state index in [4.69, 9.17) is 4.74 Å². The molecule has 3 aromatic rings. The maximum absolute atomic E-state index is 5.17. The van der Waals surface area contributed by atoms with Crippen LogP contribution >= 0.6 is 15.9 Å². The lowest BCUT2D eigenvalue weighted by atomic mass is 10.2. The van der Waals surface area contributed by atoms with Crippen LogP contribution in [0.2, 0.25) is 0 Å². The average molecular weight is 304 g/mol. The number of rotatable bonds is 2. The van der Waals surface area contributed by atoms with Crippen LogP contribution in [0.4, 0.5) is 0 Å². The van der Waals surface area contributed by atoms with E-state index in [9.17, 15) is 0 Å². The molecule has 3 rings (SSSR count). The molecule has 0 radical (unpaired) electrons. The number of nitrogens with zero attached hydrogens (tertiary/aromatic N) is 3. The highest BCUT2D eigenvalue weighted by atomic mass is 79.9. The molecule has 1 aromatic carbocycles. The Kier molecular flexibility index (Phi) is 2.76. The summed E-state index contributed by atoms with van der Waals surface area (Å²) in [4.78, 5) is 0. The van der Waals surface area contributed by atoms with Gasteiger partial charge in [0.05, 0.1) is 7.11 Å². The van der Waals surface area contributed by atoms with E-state index in [0.717, 1.165) is 27.3 Å². The van der Waals surface area contributed by atoms with Crippen molar-refractivity contribution < 1.29 is 4.74 Å². The molecule has 0 spiro atoms. The van der Waals surface area contributed by atoms with Crippen molar-refractivity contribution in [2.24, 2.45) is 0 Å². The quantitative estimate of drug-likeness (QED) is 0.730. The van der Waals surface area contributed by atoms with Crippen LogP contribution in [0.3, 0.4) is 0 Å². The summed E-state index contributed by atoms with van der Waals surface area (Å²) in [5.41, 5.74) is 1.78. The molecule has 0 saturated heterocycles. The average Bonchev–Trinajstić information content (AvgIpc) is 2.81. The molecule has 4 nitrogen and oxygen atoms in total. The zero-order valence-corrected chi connectivity index (χ0v) is 11.3. The van der Waals surface area contributed by atoms with Gasteiger partial charge in [0.2, 0.25) is 0 Å². The van der Waals surface area contributed by atoms with E-state index in [2.05, 4.69) is 26.1 Å². The largest absolute Gasteiger partial charge is 0.497 e. The van der Waals surface area contributed by atoms with Gasteiger partial charge in [-0.3, -0.25) is 4.40 Å². The maximum Gasteiger partial charge on any atom is 0.168 e. The van der Waals surface area contributed by atoms with E-state index in [1.807, 2.05) is 47.0 Å². The molecule has 2 heterocycles. The first-order valence-corrected chi connectivity index (χ1v) is 6.22. The molecule has 0 aliphatic rings. The van der Waals surface area contributed by atoms with Gasteiger partial charge >= 0.3 is 0 Å². The molecule has 0 fully saturated rings. The number of pyridine rings is 1. The highest BCUT2D eigenvalue weighted by Gasteiger charge is 2.08. The molecule has 0 saturated carbocycles. The zero-order valence-electron chi connectivity index (χ0n) is 9.67. The van der Waals surface area contributed by atoms with Gasteiger partial charge in [-0.2, -0.15) is 0 Å². The van der Waals surface area contributed by atoms with Crippen LogP contribution in [0.5, 0.6) is 5.75 Å². The van der Waals surface area contributed by atoms with Gasteiger partial charge in [-0.1, -0.05) is 28.1 Å². The number of methoxy groups -OCH3 is 1. The van der Waals surface area contributed by atoms with Gasteiger partial charge in [0.15, 0.2) is 11.5 Å². The second-order valence-corrected chi connectivity index (χ2v) is 4.74. The smallest absolute Gasteiger partial charge is 0.168 e. The molecule has 90 valence electrons. The fraction of sp³-hybridized carbons (Fsp3) is 0.0769. The Morgan fingerprint density at radius 1 is 1.17 bits per heavy atom. The number of hydrogen-bond donors (Lipinski definition) is 0. The number of fused-ring (bicyclic) bond motifs is 1. The fourth-order valence-electron chi connectivity index (χ4n) is 1.82. The van der Waals surface area contributed by atoms with E-state index >= 15 is 0 Å². The van der Waals surface area contributed by atoms with E-state index in [-0.39, 0.29) is 0 Å². The predicted molar refractivity (Wildman–Crippen MR) is 72.7 cm³/mol. The summed E-state index contributed by atoms with van der Waals surface area (Å²) in [6, 6.07) is 11.7. The number of aromatic nitrogens is 3. The predicted octanol–water partition coefficient (Wildman–Crippen LogP) is 3.17. The molecule has 18 heavy (non-hydrogen) atoms. The van der Waals surface area contributed by atoms with Crippen LogP contribution in [0.25, 0.3) is 17.0 Å². The third kappa shape index (κ3) is 1.86. The Morgan fingerprint density at radius 3 is 2.83 bits per heavy atom. The van der Waals surface area contributed by atoms with Gasteiger partial charge in [0.25, 0.3) is 0 Å². The summed E-state index contributed by atoms with van der Waals surface area (Å²) < 4.78 is 8.12. The maximum atomic E-state index is 5.17. The fourth-order valence-corrected chi connectivity index (χ4v) is 2.22. The van der Waals surface area contributed by atoms with Gasteiger partial charge in [0, 0.05) is 22.3 Å². The first kappa shape index (κ1) is 11.2. The summed E-state index contributed by atoms with van der Waals surface area (Å²) in [6.07, 6.45) is 1.91. The number of hydrogen-bond acceptors (Lipinski definition) is 3. The summed E-state index contributed by atoms with van der Waals surface area (Å²) in [5.74, 6) is 1.59. The van der Waals surface area contributed by atoms with E-state index < -0.39 is 0 Å². The number of halogens is 1. The van der Waals surface area contributed by atoms with Crippen molar-refractivity contribution in [3.8, 4) is 17.1 Å². The minimum atomic E-state index is 0.768. The number of ether oxygens (including phenoxy) is 1. The summed E-state index contributed by atoms with van der Waals surface area (Å²) in [5, 5.41) is 8.37. The van der Waals surface area contributed by atoms with Crippen molar-refractivity contribution in [1.82, 2.24) is 14.6 Å². The molecule has 2 aromatic heterocycles. The molecule has 0 aliphatic carbocycles. The normalized spacial score (nSPS) is 10.8. The Labute approximate surface area is 112 Å². The van der Waals surface area contributed by atoms with Crippen LogP contribution in [0.1, 0.15) is 0 Å². The van der Waals surface area contributed by atoms with Crippen LogP contribution in [-0.2, 0) is 0 Å². The van der Waals surface area contributed by atoms with Gasteiger partial charge < -0.3 is 4.74 Å². The highest BCUT2D eigenvalue weighted by molar-refractivity contribution is 9.10. The molecule has 0 N–H and O–H groups in total. The van der Waals surface area contributed by atoms with Crippen molar-refractivity contribution >= 4 is 21.6 Å². The standard InChI is InChI=1S/C13H10BrN3O/c1-18-11-5-6-17-12(8-11)15-16-13(17)9-3-2-4-10(14)7-9/h2-8H,1H3. The molecule has 0 amide bonds. The Morgan fingerprint density at radius 2 is 2.06 bits per heavy atom. The third-order valence-corrected chi connectivity index (χ3v) is 3.19.